The van der Waals surface area contributed by atoms with Crippen LogP contribution in [0.4, 0.5) is 0 Å². The minimum absolute atomic E-state index is 0.0629. The molecule has 0 saturated heterocycles. The molecule has 102 valence electrons. The van der Waals surface area contributed by atoms with Crippen LogP contribution in [-0.4, -0.2) is 32.4 Å². The average molecular weight is 263 g/mol. The zero-order valence-corrected chi connectivity index (χ0v) is 12.1. The first kappa shape index (κ1) is 16.4. The number of nitrogens with one attached hydrogen (secondary N) is 1. The highest BCUT2D eigenvalue weighted by atomic mass is 32.2. The normalized spacial score (nSPS) is 13.7. The van der Waals surface area contributed by atoms with Crippen molar-refractivity contribution in [1.82, 2.24) is 5.32 Å². The maximum atomic E-state index is 11.4. The lowest BCUT2D eigenvalue weighted by atomic mass is 10.0. The lowest BCUT2D eigenvalue weighted by molar-refractivity contribution is -0.121. The predicted octanol–water partition coefficient (Wildman–Crippen LogP) is 1.75. The van der Waals surface area contributed by atoms with Gasteiger partial charge >= 0.3 is 0 Å². The van der Waals surface area contributed by atoms with Crippen molar-refractivity contribution in [3.8, 4) is 0 Å². The Kier molecular flexibility index (Phi) is 7.43. The summed E-state index contributed by atoms with van der Waals surface area (Å²) in [6.45, 7) is 6.31. The van der Waals surface area contributed by atoms with E-state index < -0.39 is 9.84 Å². The monoisotopic (exact) mass is 263 g/mol. The first-order valence-electron chi connectivity index (χ1n) is 6.18. The fourth-order valence-corrected chi connectivity index (χ4v) is 2.09. The van der Waals surface area contributed by atoms with Crippen LogP contribution in [0.1, 0.15) is 46.5 Å². The summed E-state index contributed by atoms with van der Waals surface area (Å²) < 4.78 is 21.8. The van der Waals surface area contributed by atoms with Crippen LogP contribution in [0.3, 0.4) is 0 Å². The molecule has 0 bridgehead atoms. The van der Waals surface area contributed by atoms with Crippen molar-refractivity contribution < 1.29 is 13.2 Å². The first-order chi connectivity index (χ1) is 7.70. The third-order valence-corrected chi connectivity index (χ3v) is 3.47. The number of carbonyl (C=O) groups is 1. The Morgan fingerprint density at radius 2 is 1.76 bits per heavy atom. The number of rotatable bonds is 8. The summed E-state index contributed by atoms with van der Waals surface area (Å²) in [5, 5.41) is 2.82. The van der Waals surface area contributed by atoms with E-state index in [0.29, 0.717) is 5.92 Å². The Labute approximate surface area is 105 Å². The van der Waals surface area contributed by atoms with E-state index in [1.54, 1.807) is 0 Å². The molecule has 1 unspecified atom stereocenters. The quantitative estimate of drug-likeness (QED) is 0.725. The SMILES string of the molecule is CC(C)CCCC(C)NC(=O)CCS(C)(=O)=O. The van der Waals surface area contributed by atoms with Gasteiger partial charge in [0.15, 0.2) is 0 Å². The second-order valence-corrected chi connectivity index (χ2v) is 7.43. The molecule has 0 fully saturated rings. The third kappa shape index (κ3) is 11.7. The fraction of sp³-hybridized carbons (Fsp3) is 0.917. The van der Waals surface area contributed by atoms with Crippen molar-refractivity contribution in [2.24, 2.45) is 5.92 Å². The van der Waals surface area contributed by atoms with Gasteiger partial charge in [0.05, 0.1) is 5.75 Å². The van der Waals surface area contributed by atoms with Gasteiger partial charge in [0.25, 0.3) is 0 Å². The van der Waals surface area contributed by atoms with Crippen LogP contribution in [0.25, 0.3) is 0 Å². The van der Waals surface area contributed by atoms with Crippen molar-refractivity contribution in [3.05, 3.63) is 0 Å². The molecule has 0 aliphatic carbocycles. The molecule has 0 aromatic heterocycles. The summed E-state index contributed by atoms with van der Waals surface area (Å²) in [7, 11) is -3.04. The number of sulfone groups is 1. The van der Waals surface area contributed by atoms with Gasteiger partial charge in [0.2, 0.25) is 5.91 Å². The van der Waals surface area contributed by atoms with Gasteiger partial charge in [-0.2, -0.15) is 0 Å². The Morgan fingerprint density at radius 1 is 1.18 bits per heavy atom. The van der Waals surface area contributed by atoms with Gasteiger partial charge in [-0.3, -0.25) is 4.79 Å². The average Bonchev–Trinajstić information content (AvgIpc) is 2.13. The van der Waals surface area contributed by atoms with E-state index in [9.17, 15) is 13.2 Å². The van der Waals surface area contributed by atoms with Gasteiger partial charge in [-0.25, -0.2) is 8.42 Å². The Hall–Kier alpha value is -0.580. The summed E-state index contributed by atoms with van der Waals surface area (Å²) in [6, 6.07) is 0.126. The highest BCUT2D eigenvalue weighted by Crippen LogP contribution is 2.08. The molecule has 0 rings (SSSR count). The van der Waals surface area contributed by atoms with E-state index in [1.165, 1.54) is 0 Å². The lowest BCUT2D eigenvalue weighted by Crippen LogP contribution is -2.33. The van der Waals surface area contributed by atoms with Crippen LogP contribution in [0.15, 0.2) is 0 Å². The van der Waals surface area contributed by atoms with Crippen LogP contribution in [-0.2, 0) is 14.6 Å². The van der Waals surface area contributed by atoms with Gasteiger partial charge in [-0.1, -0.05) is 26.7 Å². The van der Waals surface area contributed by atoms with E-state index in [2.05, 4.69) is 19.2 Å². The molecule has 4 nitrogen and oxygen atoms in total. The second-order valence-electron chi connectivity index (χ2n) is 5.17. The summed E-state index contributed by atoms with van der Waals surface area (Å²) in [5.74, 6) is 0.438. The number of hydrogen-bond acceptors (Lipinski definition) is 3. The molecule has 0 aromatic rings. The maximum absolute atomic E-state index is 11.4. The largest absolute Gasteiger partial charge is 0.354 e. The van der Waals surface area contributed by atoms with Crippen molar-refractivity contribution in [2.45, 2.75) is 52.5 Å². The number of hydrogen-bond donors (Lipinski definition) is 1. The lowest BCUT2D eigenvalue weighted by Gasteiger charge is -2.14. The van der Waals surface area contributed by atoms with Crippen LogP contribution >= 0.6 is 0 Å². The minimum Gasteiger partial charge on any atom is -0.354 e. The highest BCUT2D eigenvalue weighted by molar-refractivity contribution is 7.90. The molecule has 0 aromatic carbocycles. The molecule has 0 radical (unpaired) electrons. The van der Waals surface area contributed by atoms with E-state index in [1.807, 2.05) is 6.92 Å². The van der Waals surface area contributed by atoms with Crippen LogP contribution in [0.5, 0.6) is 0 Å². The molecule has 0 spiro atoms. The van der Waals surface area contributed by atoms with Gasteiger partial charge in [0.1, 0.15) is 9.84 Å². The summed E-state index contributed by atoms with van der Waals surface area (Å²) in [6.07, 6.45) is 4.40. The molecule has 5 heteroatoms. The van der Waals surface area contributed by atoms with Gasteiger partial charge in [0, 0.05) is 18.7 Å². The molecule has 1 amide bonds. The van der Waals surface area contributed by atoms with E-state index in [4.69, 9.17) is 0 Å². The summed E-state index contributed by atoms with van der Waals surface area (Å²) in [4.78, 5) is 11.4. The first-order valence-corrected chi connectivity index (χ1v) is 8.24. The van der Waals surface area contributed by atoms with Crippen LogP contribution in [0, 0.1) is 5.92 Å². The van der Waals surface area contributed by atoms with Crippen molar-refractivity contribution in [3.63, 3.8) is 0 Å². The third-order valence-electron chi connectivity index (χ3n) is 2.53. The van der Waals surface area contributed by atoms with E-state index >= 15 is 0 Å². The topological polar surface area (TPSA) is 63.2 Å². The number of carbonyl (C=O) groups excluding carboxylic acids is 1. The van der Waals surface area contributed by atoms with Crippen LogP contribution < -0.4 is 5.32 Å². The maximum Gasteiger partial charge on any atom is 0.221 e. The fourth-order valence-electron chi connectivity index (χ4n) is 1.53. The second kappa shape index (κ2) is 7.69. The Bertz CT molecular complexity index is 323. The molecule has 0 aliphatic heterocycles. The van der Waals surface area contributed by atoms with Crippen molar-refractivity contribution in [1.29, 1.82) is 0 Å². The molecule has 0 saturated carbocycles. The highest BCUT2D eigenvalue weighted by Gasteiger charge is 2.10. The molecule has 0 heterocycles. The molecule has 1 atom stereocenters. The minimum atomic E-state index is -3.04. The molecular formula is C12H25NO3S. The molecule has 17 heavy (non-hydrogen) atoms. The smallest absolute Gasteiger partial charge is 0.221 e. The molecule has 0 aliphatic rings. The van der Waals surface area contributed by atoms with E-state index in [0.717, 1.165) is 25.5 Å². The van der Waals surface area contributed by atoms with Gasteiger partial charge < -0.3 is 5.32 Å². The molecular weight excluding hydrogens is 238 g/mol. The van der Waals surface area contributed by atoms with Crippen molar-refractivity contribution >= 4 is 15.7 Å². The Balaban J connectivity index is 3.73. The van der Waals surface area contributed by atoms with Gasteiger partial charge in [-0.05, 0) is 19.3 Å². The van der Waals surface area contributed by atoms with Crippen LogP contribution in [0.2, 0.25) is 0 Å². The number of amides is 1. The summed E-state index contributed by atoms with van der Waals surface area (Å²) in [5.41, 5.74) is 0. The predicted molar refractivity (Wildman–Crippen MR) is 70.6 cm³/mol. The van der Waals surface area contributed by atoms with E-state index in [-0.39, 0.29) is 24.1 Å². The zero-order chi connectivity index (χ0) is 13.5. The molecule has 1 N–H and O–H groups in total. The van der Waals surface area contributed by atoms with Crippen molar-refractivity contribution in [2.75, 3.05) is 12.0 Å². The van der Waals surface area contributed by atoms with Gasteiger partial charge in [-0.15, -0.1) is 0 Å². The zero-order valence-electron chi connectivity index (χ0n) is 11.3. The standard InChI is InChI=1S/C12H25NO3S/c1-10(2)6-5-7-11(3)13-12(14)8-9-17(4,15)16/h10-11H,5-9H2,1-4H3,(H,13,14). The summed E-state index contributed by atoms with van der Waals surface area (Å²) >= 11 is 0. The Morgan fingerprint density at radius 3 is 2.24 bits per heavy atom.